The van der Waals surface area contributed by atoms with Gasteiger partial charge in [0.25, 0.3) is 0 Å². The van der Waals surface area contributed by atoms with Crippen LogP contribution < -0.4 is 5.73 Å². The summed E-state index contributed by atoms with van der Waals surface area (Å²) in [5.74, 6) is 1.50. The molecule has 0 saturated carbocycles. The van der Waals surface area contributed by atoms with Gasteiger partial charge < -0.3 is 10.2 Å². The van der Waals surface area contributed by atoms with Gasteiger partial charge in [-0.1, -0.05) is 0 Å². The van der Waals surface area contributed by atoms with E-state index in [-0.39, 0.29) is 17.0 Å². The minimum atomic E-state index is -2.91. The second kappa shape index (κ2) is 5.75. The number of thioether (sulfide) groups is 1. The van der Waals surface area contributed by atoms with Crippen LogP contribution in [0.2, 0.25) is 0 Å². The Morgan fingerprint density at radius 3 is 2.69 bits per heavy atom. The molecule has 6 heteroatoms. The molecule has 0 radical (unpaired) electrons. The SMILES string of the molecule is CC(N)C(SCCS(C)(=O)=O)c1ccco1. The maximum atomic E-state index is 11.0. The van der Waals surface area contributed by atoms with Crippen molar-refractivity contribution in [3.8, 4) is 0 Å². The second-order valence-corrected chi connectivity index (χ2v) is 7.31. The molecule has 0 aliphatic heterocycles. The smallest absolute Gasteiger partial charge is 0.148 e. The van der Waals surface area contributed by atoms with Crippen molar-refractivity contribution in [2.45, 2.75) is 18.2 Å². The predicted molar refractivity (Wildman–Crippen MR) is 67.3 cm³/mol. The molecule has 1 aromatic heterocycles. The molecule has 1 heterocycles. The fourth-order valence-electron chi connectivity index (χ4n) is 1.27. The van der Waals surface area contributed by atoms with Crippen molar-refractivity contribution in [2.75, 3.05) is 17.8 Å². The van der Waals surface area contributed by atoms with Crippen LogP contribution >= 0.6 is 11.8 Å². The molecular formula is C10H17NO3S2. The molecule has 0 bridgehead atoms. The number of sulfone groups is 1. The summed E-state index contributed by atoms with van der Waals surface area (Å²) in [6, 6.07) is 3.60. The molecule has 4 nitrogen and oxygen atoms in total. The molecule has 2 unspecified atom stereocenters. The van der Waals surface area contributed by atoms with Gasteiger partial charge in [-0.25, -0.2) is 8.42 Å². The van der Waals surface area contributed by atoms with Crippen LogP contribution in [-0.4, -0.2) is 32.2 Å². The molecular weight excluding hydrogens is 246 g/mol. The van der Waals surface area contributed by atoms with Crippen molar-refractivity contribution < 1.29 is 12.8 Å². The van der Waals surface area contributed by atoms with E-state index in [4.69, 9.17) is 10.2 Å². The van der Waals surface area contributed by atoms with Crippen molar-refractivity contribution >= 4 is 21.6 Å². The van der Waals surface area contributed by atoms with Crippen LogP contribution in [0, 0.1) is 0 Å². The Morgan fingerprint density at radius 2 is 2.25 bits per heavy atom. The number of rotatable bonds is 6. The van der Waals surface area contributed by atoms with Gasteiger partial charge in [-0.2, -0.15) is 0 Å². The fraction of sp³-hybridized carbons (Fsp3) is 0.600. The third kappa shape index (κ3) is 4.59. The first-order chi connectivity index (χ1) is 7.40. The number of furan rings is 1. The Hall–Kier alpha value is -0.460. The molecule has 0 aliphatic rings. The van der Waals surface area contributed by atoms with E-state index in [0.29, 0.717) is 5.75 Å². The quantitative estimate of drug-likeness (QED) is 0.841. The summed E-state index contributed by atoms with van der Waals surface area (Å²) in [5, 5.41) is 0.0109. The first-order valence-electron chi connectivity index (χ1n) is 4.98. The summed E-state index contributed by atoms with van der Waals surface area (Å²) in [5.41, 5.74) is 5.85. The van der Waals surface area contributed by atoms with E-state index < -0.39 is 9.84 Å². The van der Waals surface area contributed by atoms with E-state index in [1.54, 1.807) is 6.26 Å². The maximum Gasteiger partial charge on any atom is 0.148 e. The van der Waals surface area contributed by atoms with Crippen LogP contribution in [0.3, 0.4) is 0 Å². The lowest BCUT2D eigenvalue weighted by Gasteiger charge is -2.17. The highest BCUT2D eigenvalue weighted by Gasteiger charge is 2.19. The zero-order valence-corrected chi connectivity index (χ0v) is 11.1. The van der Waals surface area contributed by atoms with Crippen molar-refractivity contribution in [1.29, 1.82) is 0 Å². The molecule has 2 atom stereocenters. The van der Waals surface area contributed by atoms with Crippen molar-refractivity contribution in [1.82, 2.24) is 0 Å². The molecule has 0 spiro atoms. The van der Waals surface area contributed by atoms with Crippen LogP contribution in [0.25, 0.3) is 0 Å². The van der Waals surface area contributed by atoms with Crippen LogP contribution in [0.1, 0.15) is 17.9 Å². The Bertz CT molecular complexity index is 398. The molecule has 1 rings (SSSR count). The van der Waals surface area contributed by atoms with Crippen molar-refractivity contribution in [3.63, 3.8) is 0 Å². The highest BCUT2D eigenvalue weighted by atomic mass is 32.2. The Morgan fingerprint density at radius 1 is 1.56 bits per heavy atom. The van der Waals surface area contributed by atoms with Gasteiger partial charge in [0.05, 0.1) is 17.3 Å². The Labute approximate surface area is 101 Å². The first kappa shape index (κ1) is 13.6. The van der Waals surface area contributed by atoms with Crippen molar-refractivity contribution in [3.05, 3.63) is 24.2 Å². The standard InChI is InChI=1S/C10H17NO3S2/c1-8(11)10(9-4-3-5-14-9)15-6-7-16(2,12)13/h3-5,8,10H,6-7,11H2,1-2H3. The Kier molecular flexibility index (Phi) is 4.89. The summed E-state index contributed by atoms with van der Waals surface area (Å²) in [6.07, 6.45) is 2.84. The lowest BCUT2D eigenvalue weighted by Crippen LogP contribution is -2.23. The molecule has 0 aromatic carbocycles. The van der Waals surface area contributed by atoms with Gasteiger partial charge in [0, 0.05) is 18.1 Å². The van der Waals surface area contributed by atoms with Crippen molar-refractivity contribution in [2.24, 2.45) is 5.73 Å². The van der Waals surface area contributed by atoms with E-state index in [9.17, 15) is 8.42 Å². The maximum absolute atomic E-state index is 11.0. The average molecular weight is 263 g/mol. The molecule has 16 heavy (non-hydrogen) atoms. The molecule has 0 fully saturated rings. The summed E-state index contributed by atoms with van der Waals surface area (Å²) in [7, 11) is -2.91. The topological polar surface area (TPSA) is 73.3 Å². The van der Waals surface area contributed by atoms with E-state index in [1.165, 1.54) is 18.0 Å². The largest absolute Gasteiger partial charge is 0.468 e. The lowest BCUT2D eigenvalue weighted by atomic mass is 10.2. The first-order valence-corrected chi connectivity index (χ1v) is 8.09. The third-order valence-electron chi connectivity index (χ3n) is 2.05. The minimum absolute atomic E-state index is 0.0109. The van der Waals surface area contributed by atoms with Gasteiger partial charge in [-0.05, 0) is 19.1 Å². The molecule has 2 N–H and O–H groups in total. The van der Waals surface area contributed by atoms with E-state index >= 15 is 0 Å². The summed E-state index contributed by atoms with van der Waals surface area (Å²) in [6.45, 7) is 1.89. The normalized spacial score (nSPS) is 15.9. The average Bonchev–Trinajstić information content (AvgIpc) is 2.62. The fourth-order valence-corrected chi connectivity index (χ4v) is 3.72. The highest BCUT2D eigenvalue weighted by Crippen LogP contribution is 2.31. The monoisotopic (exact) mass is 263 g/mol. The number of hydrogen-bond donors (Lipinski definition) is 1. The van der Waals surface area contributed by atoms with Gasteiger partial charge >= 0.3 is 0 Å². The molecule has 1 aromatic rings. The molecule has 0 saturated heterocycles. The summed E-state index contributed by atoms with van der Waals surface area (Å²) in [4.78, 5) is 0. The van der Waals surface area contributed by atoms with Gasteiger partial charge in [0.15, 0.2) is 0 Å². The van der Waals surface area contributed by atoms with Crippen LogP contribution in [0.5, 0.6) is 0 Å². The second-order valence-electron chi connectivity index (χ2n) is 3.80. The minimum Gasteiger partial charge on any atom is -0.468 e. The van der Waals surface area contributed by atoms with E-state index in [0.717, 1.165) is 5.76 Å². The van der Waals surface area contributed by atoms with Crippen LogP contribution in [0.15, 0.2) is 22.8 Å². The van der Waals surface area contributed by atoms with Gasteiger partial charge in [-0.3, -0.25) is 0 Å². The zero-order valence-electron chi connectivity index (χ0n) is 9.42. The Balaban J connectivity index is 2.54. The van der Waals surface area contributed by atoms with E-state index in [1.807, 2.05) is 19.1 Å². The zero-order chi connectivity index (χ0) is 12.2. The number of nitrogens with two attached hydrogens (primary N) is 1. The van der Waals surface area contributed by atoms with E-state index in [2.05, 4.69) is 0 Å². The molecule has 0 amide bonds. The molecule has 0 aliphatic carbocycles. The van der Waals surface area contributed by atoms with Gasteiger partial charge in [-0.15, -0.1) is 11.8 Å². The highest BCUT2D eigenvalue weighted by molar-refractivity contribution is 8.00. The molecule has 92 valence electrons. The lowest BCUT2D eigenvalue weighted by molar-refractivity contribution is 0.487. The van der Waals surface area contributed by atoms with Crippen LogP contribution in [0.4, 0.5) is 0 Å². The number of hydrogen-bond acceptors (Lipinski definition) is 5. The van der Waals surface area contributed by atoms with Crippen LogP contribution in [-0.2, 0) is 9.84 Å². The summed E-state index contributed by atoms with van der Waals surface area (Å²) < 4.78 is 27.3. The predicted octanol–water partition coefficient (Wildman–Crippen LogP) is 1.45. The van der Waals surface area contributed by atoms with Gasteiger partial charge in [0.1, 0.15) is 15.6 Å². The third-order valence-corrected chi connectivity index (χ3v) is 4.72. The van der Waals surface area contributed by atoms with Gasteiger partial charge in [0.2, 0.25) is 0 Å². The summed E-state index contributed by atoms with van der Waals surface area (Å²) >= 11 is 1.52.